The van der Waals surface area contributed by atoms with E-state index in [1.54, 1.807) is 6.07 Å². The predicted molar refractivity (Wildman–Crippen MR) is 107 cm³/mol. The quantitative estimate of drug-likeness (QED) is 0.868. The van der Waals surface area contributed by atoms with Gasteiger partial charge in [-0.15, -0.1) is 0 Å². The second-order valence-electron chi connectivity index (χ2n) is 7.65. The molecule has 0 bridgehead atoms. The zero-order chi connectivity index (χ0) is 19.2. The first-order valence-corrected chi connectivity index (χ1v) is 11.2. The van der Waals surface area contributed by atoms with Crippen molar-refractivity contribution >= 4 is 21.6 Å². The lowest BCUT2D eigenvalue weighted by Gasteiger charge is -2.23. The number of amides is 1. The van der Waals surface area contributed by atoms with Crippen molar-refractivity contribution in [2.75, 3.05) is 11.0 Å². The molecule has 4 rings (SSSR count). The van der Waals surface area contributed by atoms with Crippen LogP contribution in [0, 0.1) is 6.92 Å². The van der Waals surface area contributed by atoms with Gasteiger partial charge >= 0.3 is 0 Å². The van der Waals surface area contributed by atoms with Crippen LogP contribution in [0.2, 0.25) is 0 Å². The number of rotatable bonds is 4. The number of sulfonamides is 1. The van der Waals surface area contributed by atoms with Crippen molar-refractivity contribution in [3.05, 3.63) is 53.1 Å². The van der Waals surface area contributed by atoms with Gasteiger partial charge in [0.25, 0.3) is 5.91 Å². The largest absolute Gasteiger partial charge is 0.331 e. The summed E-state index contributed by atoms with van der Waals surface area (Å²) in [5, 5.41) is 0. The van der Waals surface area contributed by atoms with E-state index in [-0.39, 0.29) is 5.91 Å². The normalized spacial score (nSPS) is 17.4. The highest BCUT2D eigenvalue weighted by Gasteiger charge is 2.35. The first-order valence-electron chi connectivity index (χ1n) is 9.34. The number of aryl methyl sites for hydroxylation is 1. The molecule has 0 atom stereocenters. The lowest BCUT2D eigenvalue weighted by Crippen LogP contribution is -2.33. The zero-order valence-corrected chi connectivity index (χ0v) is 16.5. The van der Waals surface area contributed by atoms with E-state index in [0.29, 0.717) is 18.3 Å². The van der Waals surface area contributed by atoms with Crippen LogP contribution in [0.4, 0.5) is 5.69 Å². The summed E-state index contributed by atoms with van der Waals surface area (Å²) in [5.74, 6) is 0.161. The summed E-state index contributed by atoms with van der Waals surface area (Å²) in [6, 6.07) is 11.8. The Kier molecular flexibility index (Phi) is 4.46. The van der Waals surface area contributed by atoms with Gasteiger partial charge in [-0.2, -0.15) is 0 Å². The molecular weight excluding hydrogens is 360 g/mol. The van der Waals surface area contributed by atoms with Gasteiger partial charge in [0.05, 0.1) is 6.26 Å². The van der Waals surface area contributed by atoms with E-state index >= 15 is 0 Å². The van der Waals surface area contributed by atoms with Crippen LogP contribution in [0.5, 0.6) is 0 Å². The molecular formula is C21H24N2O3S. The van der Waals surface area contributed by atoms with Gasteiger partial charge in [0.1, 0.15) is 0 Å². The molecule has 1 aliphatic heterocycles. The third-order valence-electron chi connectivity index (χ3n) is 5.50. The summed E-state index contributed by atoms with van der Waals surface area (Å²) in [7, 11) is -3.32. The van der Waals surface area contributed by atoms with E-state index < -0.39 is 10.0 Å². The van der Waals surface area contributed by atoms with Crippen LogP contribution in [0.25, 0.3) is 11.1 Å². The Balaban J connectivity index is 1.68. The molecule has 0 spiro atoms. The fraction of sp³-hybridized carbons (Fsp3) is 0.381. The lowest BCUT2D eigenvalue weighted by molar-refractivity contribution is 0.0706. The van der Waals surface area contributed by atoms with Gasteiger partial charge < -0.3 is 4.90 Å². The topological polar surface area (TPSA) is 66.5 Å². The molecule has 1 amide bonds. The van der Waals surface area contributed by atoms with E-state index in [4.69, 9.17) is 0 Å². The molecule has 2 aromatic carbocycles. The van der Waals surface area contributed by atoms with Gasteiger partial charge in [0.2, 0.25) is 10.0 Å². The number of hydrogen-bond donors (Lipinski definition) is 1. The number of fused-ring (bicyclic) bond motifs is 1. The highest BCUT2D eigenvalue weighted by atomic mass is 32.2. The molecule has 0 radical (unpaired) electrons. The Labute approximate surface area is 160 Å². The summed E-state index contributed by atoms with van der Waals surface area (Å²) in [6.45, 7) is 2.66. The fourth-order valence-corrected chi connectivity index (χ4v) is 4.90. The lowest BCUT2D eigenvalue weighted by atomic mass is 9.96. The van der Waals surface area contributed by atoms with E-state index in [1.165, 1.54) is 12.8 Å². The number of hydrogen-bond acceptors (Lipinski definition) is 3. The SMILES string of the molecule is Cc1cc(-c2cccc(NS(C)(=O)=O)c2)cc2c1C(=O)N(C1CCCC1)C2. The van der Waals surface area contributed by atoms with Crippen LogP contribution in [-0.4, -0.2) is 31.5 Å². The Morgan fingerprint density at radius 3 is 2.52 bits per heavy atom. The minimum absolute atomic E-state index is 0.161. The van der Waals surface area contributed by atoms with Crippen LogP contribution >= 0.6 is 0 Å². The summed E-state index contributed by atoms with van der Waals surface area (Å²) >= 11 is 0. The predicted octanol–water partition coefficient (Wildman–Crippen LogP) is 3.93. The molecule has 1 fully saturated rings. The number of nitrogens with one attached hydrogen (secondary N) is 1. The molecule has 1 saturated carbocycles. The minimum atomic E-state index is -3.32. The summed E-state index contributed by atoms with van der Waals surface area (Å²) in [5.41, 5.74) is 5.37. The van der Waals surface area contributed by atoms with Crippen LogP contribution in [0.3, 0.4) is 0 Å². The Bertz CT molecular complexity index is 1010. The van der Waals surface area contributed by atoms with E-state index in [9.17, 15) is 13.2 Å². The number of benzene rings is 2. The Morgan fingerprint density at radius 2 is 1.81 bits per heavy atom. The first-order chi connectivity index (χ1) is 12.8. The summed E-state index contributed by atoms with van der Waals surface area (Å²) in [4.78, 5) is 15.0. The molecule has 0 unspecified atom stereocenters. The average molecular weight is 385 g/mol. The maximum Gasteiger partial charge on any atom is 0.255 e. The second-order valence-corrected chi connectivity index (χ2v) is 9.40. The number of carbonyl (C=O) groups is 1. The molecule has 142 valence electrons. The van der Waals surface area contributed by atoms with Gasteiger partial charge in [-0.3, -0.25) is 9.52 Å². The smallest absolute Gasteiger partial charge is 0.255 e. The molecule has 2 aliphatic rings. The van der Waals surface area contributed by atoms with Crippen molar-refractivity contribution in [1.82, 2.24) is 4.90 Å². The van der Waals surface area contributed by atoms with Crippen molar-refractivity contribution in [3.63, 3.8) is 0 Å². The van der Waals surface area contributed by atoms with Gasteiger partial charge in [0, 0.05) is 23.8 Å². The first kappa shape index (κ1) is 18.0. The van der Waals surface area contributed by atoms with Crippen molar-refractivity contribution in [2.45, 2.75) is 45.2 Å². The minimum Gasteiger partial charge on any atom is -0.331 e. The Morgan fingerprint density at radius 1 is 1.07 bits per heavy atom. The standard InChI is InChI=1S/C21H24N2O3S/c1-14-10-16(15-6-5-7-18(12-15)22-27(2,25)26)11-17-13-23(21(24)20(14)17)19-8-3-4-9-19/h5-7,10-12,19,22H,3-4,8-9,13H2,1-2H3. The van der Waals surface area contributed by atoms with Gasteiger partial charge in [-0.05, 0) is 60.2 Å². The van der Waals surface area contributed by atoms with Gasteiger partial charge in [-0.25, -0.2) is 8.42 Å². The average Bonchev–Trinajstić information content (AvgIpc) is 3.21. The van der Waals surface area contributed by atoms with Crippen molar-refractivity contribution in [3.8, 4) is 11.1 Å². The van der Waals surface area contributed by atoms with Gasteiger partial charge in [-0.1, -0.05) is 31.0 Å². The maximum absolute atomic E-state index is 12.9. The van der Waals surface area contributed by atoms with Crippen molar-refractivity contribution in [1.29, 1.82) is 0 Å². The van der Waals surface area contributed by atoms with E-state index in [0.717, 1.165) is 46.9 Å². The van der Waals surface area contributed by atoms with E-state index in [1.807, 2.05) is 36.1 Å². The van der Waals surface area contributed by atoms with Crippen LogP contribution in [0.1, 0.15) is 47.2 Å². The highest BCUT2D eigenvalue weighted by molar-refractivity contribution is 7.92. The molecule has 1 aliphatic carbocycles. The fourth-order valence-electron chi connectivity index (χ4n) is 4.34. The van der Waals surface area contributed by atoms with Crippen LogP contribution in [0.15, 0.2) is 36.4 Å². The summed E-state index contributed by atoms with van der Waals surface area (Å²) in [6.07, 6.45) is 5.75. The molecule has 27 heavy (non-hydrogen) atoms. The number of carbonyl (C=O) groups excluding carboxylic acids is 1. The van der Waals surface area contributed by atoms with Crippen molar-refractivity contribution in [2.24, 2.45) is 0 Å². The molecule has 6 heteroatoms. The zero-order valence-electron chi connectivity index (χ0n) is 15.7. The van der Waals surface area contributed by atoms with Crippen molar-refractivity contribution < 1.29 is 13.2 Å². The van der Waals surface area contributed by atoms with E-state index in [2.05, 4.69) is 10.8 Å². The molecule has 0 aromatic heterocycles. The molecule has 0 saturated heterocycles. The molecule has 2 aromatic rings. The summed E-state index contributed by atoms with van der Waals surface area (Å²) < 4.78 is 25.5. The molecule has 1 N–H and O–H groups in total. The number of anilines is 1. The third-order valence-corrected chi connectivity index (χ3v) is 6.10. The van der Waals surface area contributed by atoms with Crippen LogP contribution in [-0.2, 0) is 16.6 Å². The highest BCUT2D eigenvalue weighted by Crippen LogP contribution is 2.36. The maximum atomic E-state index is 12.9. The monoisotopic (exact) mass is 384 g/mol. The molecule has 1 heterocycles. The van der Waals surface area contributed by atoms with Gasteiger partial charge in [0.15, 0.2) is 0 Å². The number of nitrogens with zero attached hydrogens (tertiary/aromatic N) is 1. The second kappa shape index (κ2) is 6.68. The molecule has 5 nitrogen and oxygen atoms in total. The third kappa shape index (κ3) is 3.58. The van der Waals surface area contributed by atoms with Crippen LogP contribution < -0.4 is 4.72 Å². The Hall–Kier alpha value is -2.34.